The largest absolute Gasteiger partial charge is 0.326 e. The fourth-order valence-corrected chi connectivity index (χ4v) is 3.27. The maximum Gasteiger partial charge on any atom is 0.233 e. The van der Waals surface area contributed by atoms with Gasteiger partial charge in [0, 0.05) is 11.3 Å². The molecule has 120 valence electrons. The summed E-state index contributed by atoms with van der Waals surface area (Å²) in [6, 6.07) is 7.85. The lowest BCUT2D eigenvalue weighted by Crippen LogP contribution is -2.25. The van der Waals surface area contributed by atoms with Crippen molar-refractivity contribution in [1.29, 1.82) is 0 Å². The first kappa shape index (κ1) is 14.9. The molecule has 1 N–H and O–H groups in total. The van der Waals surface area contributed by atoms with Crippen LogP contribution in [0.5, 0.6) is 0 Å². The van der Waals surface area contributed by atoms with E-state index in [1.54, 1.807) is 6.92 Å². The molecule has 2 aliphatic rings. The average molecular weight is 352 g/mol. The Morgan fingerprint density at radius 1 is 1.30 bits per heavy atom. The van der Waals surface area contributed by atoms with Gasteiger partial charge < -0.3 is 5.32 Å². The molecule has 1 heterocycles. The summed E-state index contributed by atoms with van der Waals surface area (Å²) in [5.41, 5.74) is 0.883. The van der Waals surface area contributed by atoms with Crippen LogP contribution in [0.25, 0.3) is 11.4 Å². The number of aromatic nitrogens is 4. The van der Waals surface area contributed by atoms with Crippen molar-refractivity contribution in [2.75, 3.05) is 5.32 Å². The number of hydrogen-bond donors (Lipinski definition) is 1. The first-order chi connectivity index (χ1) is 10.9. The van der Waals surface area contributed by atoms with Gasteiger partial charge in [0.2, 0.25) is 5.91 Å². The number of benzene rings is 1. The Balaban J connectivity index is 1.50. The molecular weight excluding hydrogens is 337 g/mol. The molecule has 23 heavy (non-hydrogen) atoms. The van der Waals surface area contributed by atoms with E-state index in [2.05, 4.69) is 20.8 Å². The number of carbonyl (C=O) groups is 1. The van der Waals surface area contributed by atoms with E-state index in [9.17, 15) is 4.79 Å². The predicted octanol–water partition coefficient (Wildman–Crippen LogP) is 3.20. The molecule has 0 bridgehead atoms. The van der Waals surface area contributed by atoms with Crippen LogP contribution in [0.2, 0.25) is 0 Å². The van der Waals surface area contributed by atoms with Crippen molar-refractivity contribution in [3.8, 4) is 11.4 Å². The van der Waals surface area contributed by atoms with Gasteiger partial charge in [0.1, 0.15) is 4.33 Å². The normalized spacial score (nSPS) is 25.2. The van der Waals surface area contributed by atoms with Gasteiger partial charge in [-0.2, -0.15) is 0 Å². The number of tetrazole rings is 1. The molecule has 8 heteroatoms. The Morgan fingerprint density at radius 3 is 2.52 bits per heavy atom. The molecule has 0 aliphatic heterocycles. The van der Waals surface area contributed by atoms with Gasteiger partial charge in [-0.15, -0.1) is 28.3 Å². The molecule has 1 aromatic carbocycles. The third-order valence-corrected chi connectivity index (χ3v) is 5.65. The number of nitrogens with zero attached hydrogens (tertiary/aromatic N) is 4. The number of carbonyl (C=O) groups excluding carboxylic acids is 1. The molecule has 0 saturated heterocycles. The summed E-state index contributed by atoms with van der Waals surface area (Å²) >= 11 is 12.1. The number of anilines is 1. The van der Waals surface area contributed by atoms with Gasteiger partial charge in [0.05, 0.1) is 11.5 Å². The van der Waals surface area contributed by atoms with Gasteiger partial charge in [0.25, 0.3) is 0 Å². The number of rotatable bonds is 4. The molecule has 0 unspecified atom stereocenters. The second-order valence-electron chi connectivity index (χ2n) is 6.42. The van der Waals surface area contributed by atoms with Crippen LogP contribution in [0.3, 0.4) is 0 Å². The molecule has 2 aliphatic carbocycles. The first-order valence-electron chi connectivity index (χ1n) is 7.48. The quantitative estimate of drug-likeness (QED) is 0.858. The standard InChI is InChI=1S/C15H15Cl2N5O/c1-14(8-15(14,16)17)13(23)18-10-4-2-9(3-5-10)12-19-20-21-22(12)11-6-7-11/h2-5,11H,6-8H2,1H3,(H,18,23)/t14-/m0/s1. The van der Waals surface area contributed by atoms with Gasteiger partial charge in [-0.1, -0.05) is 0 Å². The number of amides is 1. The van der Waals surface area contributed by atoms with E-state index in [1.807, 2.05) is 28.9 Å². The fraction of sp³-hybridized carbons (Fsp3) is 0.467. The maximum absolute atomic E-state index is 12.3. The van der Waals surface area contributed by atoms with E-state index >= 15 is 0 Å². The highest BCUT2D eigenvalue weighted by Gasteiger charge is 2.67. The Hall–Kier alpha value is -1.66. The van der Waals surface area contributed by atoms with Crippen LogP contribution in [0.1, 0.15) is 32.2 Å². The minimum absolute atomic E-state index is 0.168. The van der Waals surface area contributed by atoms with Crippen LogP contribution in [0.15, 0.2) is 24.3 Å². The highest BCUT2D eigenvalue weighted by atomic mass is 35.5. The summed E-state index contributed by atoms with van der Waals surface area (Å²) in [6.07, 6.45) is 2.69. The zero-order chi connectivity index (χ0) is 16.2. The van der Waals surface area contributed by atoms with Gasteiger partial charge in [-0.05, 0) is 60.9 Å². The average Bonchev–Trinajstić information content (AvgIpc) is 3.37. The summed E-state index contributed by atoms with van der Waals surface area (Å²) in [6.45, 7) is 1.76. The van der Waals surface area contributed by atoms with Crippen LogP contribution in [0, 0.1) is 5.41 Å². The third-order valence-electron chi connectivity index (χ3n) is 4.55. The van der Waals surface area contributed by atoms with Crippen molar-refractivity contribution >= 4 is 34.8 Å². The van der Waals surface area contributed by atoms with Gasteiger partial charge in [-0.3, -0.25) is 4.79 Å². The van der Waals surface area contributed by atoms with E-state index in [0.717, 1.165) is 24.2 Å². The Labute approximate surface area is 143 Å². The van der Waals surface area contributed by atoms with E-state index in [-0.39, 0.29) is 5.91 Å². The van der Waals surface area contributed by atoms with Crippen molar-refractivity contribution in [3.05, 3.63) is 24.3 Å². The monoisotopic (exact) mass is 351 g/mol. The topological polar surface area (TPSA) is 72.7 Å². The van der Waals surface area contributed by atoms with Crippen molar-refractivity contribution in [2.24, 2.45) is 5.41 Å². The fourth-order valence-electron chi connectivity index (χ4n) is 2.57. The van der Waals surface area contributed by atoms with E-state index in [4.69, 9.17) is 23.2 Å². The molecule has 1 atom stereocenters. The second-order valence-corrected chi connectivity index (χ2v) is 7.91. The van der Waals surface area contributed by atoms with Crippen molar-refractivity contribution in [3.63, 3.8) is 0 Å². The van der Waals surface area contributed by atoms with Crippen molar-refractivity contribution in [1.82, 2.24) is 20.2 Å². The smallest absolute Gasteiger partial charge is 0.233 e. The Kier molecular flexibility index (Phi) is 3.19. The van der Waals surface area contributed by atoms with E-state index in [0.29, 0.717) is 18.2 Å². The molecular formula is C15H15Cl2N5O. The van der Waals surface area contributed by atoms with Gasteiger partial charge >= 0.3 is 0 Å². The summed E-state index contributed by atoms with van der Waals surface area (Å²) in [7, 11) is 0. The molecule has 1 aromatic heterocycles. The lowest BCUT2D eigenvalue weighted by Gasteiger charge is -2.13. The van der Waals surface area contributed by atoms with Crippen LogP contribution in [-0.4, -0.2) is 30.4 Å². The van der Waals surface area contributed by atoms with Crippen LogP contribution >= 0.6 is 23.2 Å². The second kappa shape index (κ2) is 4.92. The van der Waals surface area contributed by atoms with Gasteiger partial charge in [-0.25, -0.2) is 4.68 Å². The summed E-state index contributed by atoms with van der Waals surface area (Å²) in [4.78, 5) is 12.3. The molecule has 0 radical (unpaired) electrons. The van der Waals surface area contributed by atoms with Crippen LogP contribution < -0.4 is 5.32 Å². The molecule has 0 spiro atoms. The van der Waals surface area contributed by atoms with Crippen LogP contribution in [0.4, 0.5) is 5.69 Å². The van der Waals surface area contributed by atoms with Crippen molar-refractivity contribution < 1.29 is 4.79 Å². The zero-order valence-electron chi connectivity index (χ0n) is 12.5. The van der Waals surface area contributed by atoms with Crippen LogP contribution in [-0.2, 0) is 4.79 Å². The first-order valence-corrected chi connectivity index (χ1v) is 8.24. The van der Waals surface area contributed by atoms with E-state index in [1.165, 1.54) is 0 Å². The summed E-state index contributed by atoms with van der Waals surface area (Å²) in [5.74, 6) is 0.582. The van der Waals surface area contributed by atoms with E-state index < -0.39 is 9.75 Å². The number of alkyl halides is 2. The molecule has 2 saturated carbocycles. The third kappa shape index (κ3) is 2.50. The Morgan fingerprint density at radius 2 is 1.96 bits per heavy atom. The molecule has 1 amide bonds. The van der Waals surface area contributed by atoms with Gasteiger partial charge in [0.15, 0.2) is 5.82 Å². The summed E-state index contributed by atoms with van der Waals surface area (Å²) < 4.78 is 0.886. The molecule has 2 fully saturated rings. The minimum Gasteiger partial charge on any atom is -0.326 e. The molecule has 6 nitrogen and oxygen atoms in total. The lowest BCUT2D eigenvalue weighted by molar-refractivity contribution is -0.120. The van der Waals surface area contributed by atoms with Crippen molar-refractivity contribution in [2.45, 2.75) is 36.6 Å². The number of nitrogens with one attached hydrogen (secondary N) is 1. The highest BCUT2D eigenvalue weighted by molar-refractivity contribution is 6.53. The maximum atomic E-state index is 12.3. The summed E-state index contributed by atoms with van der Waals surface area (Å²) in [5, 5.41) is 14.7. The highest BCUT2D eigenvalue weighted by Crippen LogP contribution is 2.64. The molecule has 4 rings (SSSR count). The zero-order valence-corrected chi connectivity index (χ0v) is 14.0. The number of halogens is 2. The lowest BCUT2D eigenvalue weighted by atomic mass is 10.1. The molecule has 2 aromatic rings. The predicted molar refractivity (Wildman–Crippen MR) is 87.3 cm³/mol. The Bertz CT molecular complexity index is 768. The number of hydrogen-bond acceptors (Lipinski definition) is 4. The minimum atomic E-state index is -0.969. The SMILES string of the molecule is C[C@@]1(C(=O)Nc2ccc(-c3nnnn3C3CC3)cc2)CC1(Cl)Cl.